The summed E-state index contributed by atoms with van der Waals surface area (Å²) >= 11 is 0. The van der Waals surface area contributed by atoms with Gasteiger partial charge in [0, 0.05) is 5.41 Å². The fourth-order valence-corrected chi connectivity index (χ4v) is 6.02. The highest BCUT2D eigenvalue weighted by atomic mass is 16.5. The molecule has 0 amide bonds. The van der Waals surface area contributed by atoms with Crippen molar-refractivity contribution in [3.8, 4) is 0 Å². The van der Waals surface area contributed by atoms with Crippen molar-refractivity contribution in [3.05, 3.63) is 0 Å². The summed E-state index contributed by atoms with van der Waals surface area (Å²) in [4.78, 5) is 24.7. The average molecular weight is 290 g/mol. The van der Waals surface area contributed by atoms with Crippen LogP contribution in [0, 0.1) is 29.1 Å². The van der Waals surface area contributed by atoms with E-state index in [4.69, 9.17) is 4.74 Å². The standard InChI is InChI=1S/C18H26O3/c19-16(11-21-17(20)15-3-1-2-4-15)18-8-12-5-13(9-18)7-14(6-12)10-18/h12-15H,1-11H2. The molecule has 0 spiro atoms. The molecule has 0 N–H and O–H groups in total. The SMILES string of the molecule is O=C(OCC(=O)C12CC3CC(CC(C3)C1)C2)C1CCCC1. The molecule has 5 saturated carbocycles. The zero-order chi connectivity index (χ0) is 14.4. The lowest BCUT2D eigenvalue weighted by atomic mass is 9.48. The quantitative estimate of drug-likeness (QED) is 0.744. The van der Waals surface area contributed by atoms with E-state index in [1.165, 1.54) is 19.3 Å². The van der Waals surface area contributed by atoms with Crippen LogP contribution in [0.5, 0.6) is 0 Å². The molecule has 116 valence electrons. The largest absolute Gasteiger partial charge is 0.457 e. The monoisotopic (exact) mass is 290 g/mol. The maximum atomic E-state index is 12.7. The van der Waals surface area contributed by atoms with Crippen molar-refractivity contribution >= 4 is 11.8 Å². The van der Waals surface area contributed by atoms with E-state index in [-0.39, 0.29) is 29.7 Å². The highest BCUT2D eigenvalue weighted by Gasteiger charge is 2.54. The van der Waals surface area contributed by atoms with Gasteiger partial charge in [0.05, 0.1) is 5.92 Å². The molecular weight excluding hydrogens is 264 g/mol. The smallest absolute Gasteiger partial charge is 0.309 e. The lowest BCUT2D eigenvalue weighted by molar-refractivity contribution is -0.160. The van der Waals surface area contributed by atoms with Gasteiger partial charge in [-0.1, -0.05) is 12.8 Å². The van der Waals surface area contributed by atoms with Gasteiger partial charge in [-0.05, 0) is 69.1 Å². The summed E-state index contributed by atoms with van der Waals surface area (Å²) in [6.45, 7) is 0.0431. The molecule has 4 bridgehead atoms. The first-order valence-corrected chi connectivity index (χ1v) is 8.84. The summed E-state index contributed by atoms with van der Waals surface area (Å²) in [5, 5.41) is 0. The Kier molecular flexibility index (Phi) is 3.35. The molecule has 5 aliphatic carbocycles. The van der Waals surface area contributed by atoms with Gasteiger partial charge in [-0.15, -0.1) is 0 Å². The average Bonchev–Trinajstić information content (AvgIpc) is 2.97. The molecular formula is C18H26O3. The van der Waals surface area contributed by atoms with Crippen LogP contribution in [0.25, 0.3) is 0 Å². The van der Waals surface area contributed by atoms with E-state index in [0.29, 0.717) is 0 Å². The summed E-state index contributed by atoms with van der Waals surface area (Å²) in [5.74, 6) is 2.48. The van der Waals surface area contributed by atoms with Gasteiger partial charge in [0.2, 0.25) is 0 Å². The van der Waals surface area contributed by atoms with Crippen LogP contribution in [-0.2, 0) is 14.3 Å². The molecule has 5 fully saturated rings. The van der Waals surface area contributed by atoms with E-state index >= 15 is 0 Å². The Hall–Kier alpha value is -0.860. The number of rotatable bonds is 4. The highest BCUT2D eigenvalue weighted by molar-refractivity contribution is 5.88. The minimum atomic E-state index is -0.120. The first-order chi connectivity index (χ1) is 10.1. The van der Waals surface area contributed by atoms with Crippen molar-refractivity contribution in [3.63, 3.8) is 0 Å². The molecule has 21 heavy (non-hydrogen) atoms. The molecule has 5 rings (SSSR count). The van der Waals surface area contributed by atoms with Crippen LogP contribution in [-0.4, -0.2) is 18.4 Å². The minimum Gasteiger partial charge on any atom is -0.457 e. The van der Waals surface area contributed by atoms with Crippen LogP contribution in [0.3, 0.4) is 0 Å². The molecule has 0 aromatic heterocycles. The topological polar surface area (TPSA) is 43.4 Å². The summed E-state index contributed by atoms with van der Waals surface area (Å²) in [6.07, 6.45) is 11.4. The lowest BCUT2D eigenvalue weighted by Crippen LogP contribution is -2.51. The summed E-state index contributed by atoms with van der Waals surface area (Å²) in [6, 6.07) is 0. The van der Waals surface area contributed by atoms with Crippen molar-refractivity contribution in [1.29, 1.82) is 0 Å². The van der Waals surface area contributed by atoms with Crippen LogP contribution in [0.4, 0.5) is 0 Å². The molecule has 3 nitrogen and oxygen atoms in total. The van der Waals surface area contributed by atoms with E-state index in [2.05, 4.69) is 0 Å². The molecule has 0 atom stereocenters. The van der Waals surface area contributed by atoms with E-state index in [1.54, 1.807) is 0 Å². The van der Waals surface area contributed by atoms with E-state index in [0.717, 1.165) is 62.7 Å². The van der Waals surface area contributed by atoms with Crippen molar-refractivity contribution in [1.82, 2.24) is 0 Å². The molecule has 0 heterocycles. The van der Waals surface area contributed by atoms with Gasteiger partial charge >= 0.3 is 5.97 Å². The number of ketones is 1. The lowest BCUT2D eigenvalue weighted by Gasteiger charge is -2.55. The van der Waals surface area contributed by atoms with Gasteiger partial charge < -0.3 is 4.74 Å². The second-order valence-electron chi connectivity index (χ2n) is 8.21. The normalized spacial score (nSPS) is 41.4. The van der Waals surface area contributed by atoms with Crippen LogP contribution in [0.1, 0.15) is 64.2 Å². The summed E-state index contributed by atoms with van der Waals surface area (Å²) in [7, 11) is 0. The van der Waals surface area contributed by atoms with Gasteiger partial charge in [-0.3, -0.25) is 9.59 Å². The molecule has 0 saturated heterocycles. The van der Waals surface area contributed by atoms with Crippen LogP contribution < -0.4 is 0 Å². The fraction of sp³-hybridized carbons (Fsp3) is 0.889. The van der Waals surface area contributed by atoms with Gasteiger partial charge in [0.1, 0.15) is 0 Å². The summed E-state index contributed by atoms with van der Waals surface area (Å²) < 4.78 is 5.39. The first-order valence-electron chi connectivity index (χ1n) is 8.84. The number of carbonyl (C=O) groups is 2. The van der Waals surface area contributed by atoms with Gasteiger partial charge in [-0.25, -0.2) is 0 Å². The predicted octanol–water partition coefficient (Wildman–Crippen LogP) is 3.51. The third kappa shape index (κ3) is 2.43. The molecule has 3 heteroatoms. The molecule has 5 aliphatic rings. The molecule has 0 aromatic carbocycles. The molecule has 0 unspecified atom stereocenters. The second-order valence-corrected chi connectivity index (χ2v) is 8.21. The van der Waals surface area contributed by atoms with E-state index in [1.807, 2.05) is 0 Å². The van der Waals surface area contributed by atoms with E-state index in [9.17, 15) is 9.59 Å². The Labute approximate surface area is 126 Å². The first kappa shape index (κ1) is 13.8. The Morgan fingerprint density at radius 1 is 0.905 bits per heavy atom. The van der Waals surface area contributed by atoms with Crippen LogP contribution >= 0.6 is 0 Å². The Bertz CT molecular complexity index is 412. The predicted molar refractivity (Wildman–Crippen MR) is 78.5 cm³/mol. The van der Waals surface area contributed by atoms with Crippen LogP contribution in [0.2, 0.25) is 0 Å². The Morgan fingerprint density at radius 2 is 1.43 bits per heavy atom. The third-order valence-corrected chi connectivity index (χ3v) is 6.66. The second kappa shape index (κ2) is 5.10. The number of ether oxygens (including phenoxy) is 1. The zero-order valence-corrected chi connectivity index (χ0v) is 12.8. The molecule has 0 radical (unpaired) electrons. The summed E-state index contributed by atoms with van der Waals surface area (Å²) in [5.41, 5.74) is -0.120. The van der Waals surface area contributed by atoms with Crippen LogP contribution in [0.15, 0.2) is 0 Å². The van der Waals surface area contributed by atoms with Crippen molar-refractivity contribution in [2.75, 3.05) is 6.61 Å². The Balaban J connectivity index is 1.37. The third-order valence-electron chi connectivity index (χ3n) is 6.66. The number of Topliss-reactive ketones (excluding diaryl/α,β-unsaturated/α-hetero) is 1. The number of hydrogen-bond acceptors (Lipinski definition) is 3. The van der Waals surface area contributed by atoms with E-state index < -0.39 is 0 Å². The van der Waals surface area contributed by atoms with Gasteiger partial charge in [0.25, 0.3) is 0 Å². The fourth-order valence-electron chi connectivity index (χ4n) is 6.02. The van der Waals surface area contributed by atoms with Crippen molar-refractivity contribution in [2.45, 2.75) is 64.2 Å². The number of hydrogen-bond donors (Lipinski definition) is 0. The maximum Gasteiger partial charge on any atom is 0.309 e. The number of carbonyl (C=O) groups excluding carboxylic acids is 2. The molecule has 0 aliphatic heterocycles. The van der Waals surface area contributed by atoms with Gasteiger partial charge in [-0.2, -0.15) is 0 Å². The van der Waals surface area contributed by atoms with Gasteiger partial charge in [0.15, 0.2) is 12.4 Å². The van der Waals surface area contributed by atoms with Crippen molar-refractivity contribution < 1.29 is 14.3 Å². The van der Waals surface area contributed by atoms with Crippen molar-refractivity contribution in [2.24, 2.45) is 29.1 Å². The molecule has 0 aromatic rings. The highest BCUT2D eigenvalue weighted by Crippen LogP contribution is 2.60. The zero-order valence-electron chi connectivity index (χ0n) is 12.8. The minimum absolute atomic E-state index is 0.0431. The number of esters is 1. The Morgan fingerprint density at radius 3 is 1.95 bits per heavy atom. The maximum absolute atomic E-state index is 12.7.